The number of para-hydroxylation sites is 1. The molecule has 1 aromatic heterocycles. The van der Waals surface area contributed by atoms with Crippen LogP contribution in [0.5, 0.6) is 11.5 Å². The van der Waals surface area contributed by atoms with Gasteiger partial charge in [0, 0.05) is 94.8 Å². The molecule has 15 amide bonds. The van der Waals surface area contributed by atoms with Crippen LogP contribution in [0.4, 0.5) is 13.2 Å². The number of nitrogens with two attached hydrogens (primary N) is 1. The lowest BCUT2D eigenvalue weighted by Crippen LogP contribution is -2.62. The lowest BCUT2D eigenvalue weighted by molar-refractivity contribution is -0.152. The van der Waals surface area contributed by atoms with E-state index in [1.165, 1.54) is 91.2 Å². The number of aliphatic hydroxyl groups is 1. The molecule has 13 atom stereocenters. The summed E-state index contributed by atoms with van der Waals surface area (Å²) in [6.45, 7) is 6.61. The van der Waals surface area contributed by atoms with Gasteiger partial charge in [0.1, 0.15) is 90.0 Å². The molecule has 39 heteroatoms. The van der Waals surface area contributed by atoms with Gasteiger partial charge in [-0.2, -0.15) is 0 Å². The number of aromatic amines is 1. The second-order valence-corrected chi connectivity index (χ2v) is 36.6. The highest BCUT2D eigenvalue weighted by Crippen LogP contribution is 2.30. The molecule has 0 bridgehead atoms. The molecule has 2 unspecified atom stereocenters. The zero-order valence-electron chi connectivity index (χ0n) is 75.8. The van der Waals surface area contributed by atoms with E-state index in [0.29, 0.717) is 75.5 Å². The second kappa shape index (κ2) is 48.6. The standard InChI is InChI=1S/C95H117F3N16O18S2/c1-9-10-26-75-94(131)113-36-19-27-74(113)88(125)107-72(48-115)87(124)109-82(54(4)5)95(132)111(7)76(43-55-20-13-11-14-21-55)89(126)106-71(41-58-30-34-62(117)35-31-58)92(129)114-52-134-50-78(114)90(127)105-69(45-60-46-100-66-25-18-17-24-63(60)66)86(123)104-68(40-57-28-32-61(116)33-29-57)85(122)103-67(37-53(2)3)84(121)108-73(83(120)101-47-79(99)118)49-133-51-80(119)102-70(42-59-38-64(96)81(98)65(97)39-59)91(128)112(8)77(93(130)110(75)6)44-56-22-15-12-16-23-56/h11-18,20-25,28-35,38-39,46,53-54,67-78,82,100,115-117H,9-10,19,26-27,36-37,40-45,47-52H2,1-8H3,(H2,99,118)(H,101,120)(H,102,119)(H,103,122)(H,104,123)(H,105,127)(H,106,126)(H,107,125)(H,108,121)(H,109,124)/t67-,68-,69-,70-,71-,72-,73-,74+,75-,76?,77?,78+,82-/m0/s1. The number of H-pyrrole nitrogens is 1. The first-order chi connectivity index (χ1) is 63.9. The number of aromatic nitrogens is 1. The number of fused-ring (bicyclic) bond motifs is 3. The zero-order valence-corrected chi connectivity index (χ0v) is 77.4. The van der Waals surface area contributed by atoms with E-state index in [2.05, 4.69) is 52.8 Å². The summed E-state index contributed by atoms with van der Waals surface area (Å²) in [4.78, 5) is 234. The first kappa shape index (κ1) is 103. The van der Waals surface area contributed by atoms with Crippen molar-refractivity contribution >= 4 is 123 Å². The van der Waals surface area contributed by atoms with Gasteiger partial charge in [-0.3, -0.25) is 71.9 Å². The molecule has 718 valence electrons. The van der Waals surface area contributed by atoms with E-state index >= 15 is 56.7 Å². The van der Waals surface area contributed by atoms with Crippen molar-refractivity contribution in [2.45, 2.75) is 190 Å². The third-order valence-electron chi connectivity index (χ3n) is 23.8. The second-order valence-electron chi connectivity index (χ2n) is 34.5. The number of primary amides is 1. The third-order valence-corrected chi connectivity index (χ3v) is 25.9. The minimum atomic E-state index is -1.85. The highest BCUT2D eigenvalue weighted by molar-refractivity contribution is 8.00. The van der Waals surface area contributed by atoms with Crippen LogP contribution >= 0.6 is 23.5 Å². The number of thioether (sulfide) groups is 2. The molecule has 3 aliphatic rings. The van der Waals surface area contributed by atoms with Crippen molar-refractivity contribution in [2.24, 2.45) is 17.6 Å². The third kappa shape index (κ3) is 27.8. The molecule has 3 aliphatic heterocycles. The number of hydrogen-bond acceptors (Lipinski definition) is 20. The first-order valence-corrected chi connectivity index (χ1v) is 46.7. The number of halogens is 3. The number of likely N-dealkylation sites (N-methyl/N-ethyl adjacent to an activating group) is 3. The number of unbranched alkanes of at least 4 members (excludes halogenated alkanes) is 1. The number of carbonyl (C=O) groups excluding carboxylic acids is 15. The molecule has 3 fully saturated rings. The predicted molar refractivity (Wildman–Crippen MR) is 494 cm³/mol. The maximum absolute atomic E-state index is 15.7. The molecular formula is C95H117F3N16O18S2. The number of benzene rings is 6. The fraction of sp³-hybridized carbons (Fsp3) is 0.442. The van der Waals surface area contributed by atoms with Crippen LogP contribution in [0.2, 0.25) is 0 Å². The maximum atomic E-state index is 15.7. The van der Waals surface area contributed by atoms with Gasteiger partial charge in [0.05, 0.1) is 24.8 Å². The minimum absolute atomic E-state index is 0.00669. The van der Waals surface area contributed by atoms with E-state index in [0.717, 1.165) is 14.7 Å². The number of phenolic OH excluding ortho intramolecular Hbond substituents is 2. The molecule has 0 saturated carbocycles. The molecule has 4 heterocycles. The van der Waals surface area contributed by atoms with E-state index in [9.17, 15) is 43.7 Å². The van der Waals surface area contributed by atoms with Gasteiger partial charge < -0.3 is 98.4 Å². The van der Waals surface area contributed by atoms with Gasteiger partial charge in [0.25, 0.3) is 0 Å². The molecule has 134 heavy (non-hydrogen) atoms. The Hall–Kier alpha value is -13.0. The summed E-state index contributed by atoms with van der Waals surface area (Å²) in [5, 5.41) is 56.5. The Morgan fingerprint density at radius 2 is 1.01 bits per heavy atom. The summed E-state index contributed by atoms with van der Waals surface area (Å²) in [5.41, 5.74) is 8.07. The summed E-state index contributed by atoms with van der Waals surface area (Å²) in [5.74, 6) is -22.0. The Morgan fingerprint density at radius 3 is 1.60 bits per heavy atom. The number of nitrogens with zero attached hydrogens (tertiary/aromatic N) is 5. The monoisotopic (exact) mass is 1890 g/mol. The number of aliphatic hydroxyl groups excluding tert-OH is 1. The summed E-state index contributed by atoms with van der Waals surface area (Å²) in [6, 6.07) is 16.2. The lowest BCUT2D eigenvalue weighted by atomic mass is 9.98. The molecule has 34 nitrogen and oxygen atoms in total. The lowest BCUT2D eigenvalue weighted by Gasteiger charge is -2.38. The molecule has 3 saturated heterocycles. The average molecular weight is 1890 g/mol. The van der Waals surface area contributed by atoms with Crippen LogP contribution < -0.4 is 53.6 Å². The summed E-state index contributed by atoms with van der Waals surface area (Å²) >= 11 is 1.86. The topological polar surface area (TPSA) is 483 Å². The number of hydrogen-bond donors (Lipinski definition) is 14. The molecule has 10 rings (SSSR count). The first-order valence-electron chi connectivity index (χ1n) is 44.4. The van der Waals surface area contributed by atoms with Crippen LogP contribution in [0.3, 0.4) is 0 Å². The largest absolute Gasteiger partial charge is 0.508 e. The van der Waals surface area contributed by atoms with E-state index in [4.69, 9.17) is 5.73 Å². The number of aromatic hydroxyl groups is 2. The summed E-state index contributed by atoms with van der Waals surface area (Å²) in [6.07, 6.45) is 0.469. The van der Waals surface area contributed by atoms with Crippen molar-refractivity contribution in [3.8, 4) is 11.5 Å². The van der Waals surface area contributed by atoms with Crippen LogP contribution in [0.25, 0.3) is 10.9 Å². The van der Waals surface area contributed by atoms with Gasteiger partial charge in [-0.25, -0.2) is 13.2 Å². The Morgan fingerprint density at radius 1 is 0.500 bits per heavy atom. The van der Waals surface area contributed by atoms with E-state index < -0.39 is 228 Å². The quantitative estimate of drug-likeness (QED) is 0.0433. The van der Waals surface area contributed by atoms with E-state index in [-0.39, 0.29) is 93.0 Å². The SMILES string of the molecule is CCCC[C@H]1C(=O)N2CCC[C@@H]2C(=O)N[C@@H](CO)C(=O)N[C@@H](C(C)C)C(=O)N(C)C(Cc2ccccc2)C(=O)N[C@@H](Cc2ccc(O)cc2)C(=O)N2CSC[C@@H]2C(=O)N[C@@H](Cc2c[nH]c3ccccc23)C(=O)N[C@@H](Cc2ccc(O)cc2)C(=O)N[C@@H](CC(C)C)C(=O)N[C@H](C(=O)NCC(N)=O)CSCC(=O)N[C@@H](Cc2cc(F)c(F)c(F)c2)C(=O)N(C)C(Cc2ccccc2)C(=O)N1C. The molecular weight excluding hydrogens is 1770 g/mol. The Kier molecular flexibility index (Phi) is 37.4. The molecule has 0 aliphatic carbocycles. The summed E-state index contributed by atoms with van der Waals surface area (Å²) in [7, 11) is 3.85. The van der Waals surface area contributed by atoms with Crippen molar-refractivity contribution < 1.29 is 100 Å². The molecule has 15 N–H and O–H groups in total. The van der Waals surface area contributed by atoms with Crippen molar-refractivity contribution in [1.82, 2.24) is 77.3 Å². The van der Waals surface area contributed by atoms with Gasteiger partial charge in [-0.05, 0) is 113 Å². The van der Waals surface area contributed by atoms with Crippen LogP contribution in [0, 0.1) is 29.3 Å². The smallest absolute Gasteiger partial charge is 0.246 e. The molecule has 0 spiro atoms. The number of nitrogens with one attached hydrogen (secondary N) is 10. The normalized spacial score (nSPS) is 23.5. The van der Waals surface area contributed by atoms with Gasteiger partial charge in [0.2, 0.25) is 88.6 Å². The van der Waals surface area contributed by atoms with Gasteiger partial charge in [-0.15, -0.1) is 23.5 Å². The van der Waals surface area contributed by atoms with Gasteiger partial charge >= 0.3 is 0 Å². The Labute approximate surface area is 782 Å². The maximum Gasteiger partial charge on any atom is 0.246 e. The minimum Gasteiger partial charge on any atom is -0.508 e. The molecule has 6 aromatic carbocycles. The van der Waals surface area contributed by atoms with Crippen LogP contribution in [-0.2, 0) is 110 Å². The molecule has 7 aromatic rings. The number of carbonyl (C=O) groups is 15. The van der Waals surface area contributed by atoms with E-state index in [1.54, 1.807) is 119 Å². The van der Waals surface area contributed by atoms with Crippen LogP contribution in [0.15, 0.2) is 152 Å². The average Bonchev–Trinajstić information content (AvgIpc) is 1.65. The fourth-order valence-electron chi connectivity index (χ4n) is 16.4. The highest BCUT2D eigenvalue weighted by Gasteiger charge is 2.46. The Balaban J connectivity index is 1.05. The number of rotatable bonds is 22. The van der Waals surface area contributed by atoms with Crippen molar-refractivity contribution in [3.63, 3.8) is 0 Å². The van der Waals surface area contributed by atoms with Crippen molar-refractivity contribution in [3.05, 3.63) is 203 Å². The van der Waals surface area contributed by atoms with Gasteiger partial charge in [-0.1, -0.05) is 151 Å². The number of phenols is 2. The molecule has 0 radical (unpaired) electrons. The van der Waals surface area contributed by atoms with Crippen LogP contribution in [0.1, 0.15) is 107 Å². The van der Waals surface area contributed by atoms with Crippen molar-refractivity contribution in [2.75, 3.05) is 64.0 Å². The fourth-order valence-corrected chi connectivity index (χ4v) is 18.4. The van der Waals surface area contributed by atoms with Gasteiger partial charge in [0.15, 0.2) is 17.5 Å². The Bertz CT molecular complexity index is 5330. The number of amides is 15. The highest BCUT2D eigenvalue weighted by atomic mass is 32.2. The zero-order chi connectivity index (χ0) is 97.3. The summed E-state index contributed by atoms with van der Waals surface area (Å²) < 4.78 is 45.1. The predicted octanol–water partition coefficient (Wildman–Crippen LogP) is 3.24. The van der Waals surface area contributed by atoms with E-state index in [1.807, 2.05) is 6.92 Å². The van der Waals surface area contributed by atoms with Crippen molar-refractivity contribution in [1.29, 1.82) is 0 Å². The van der Waals surface area contributed by atoms with Crippen LogP contribution in [-0.4, -0.2) is 276 Å².